The van der Waals surface area contributed by atoms with E-state index in [2.05, 4.69) is 0 Å². The predicted octanol–water partition coefficient (Wildman–Crippen LogP) is 8.09. The summed E-state index contributed by atoms with van der Waals surface area (Å²) in [5.74, 6) is 0.0147. The van der Waals surface area contributed by atoms with E-state index in [1.807, 2.05) is 102 Å². The Balaban J connectivity index is 1.35. The molecule has 4 aromatic rings. The minimum absolute atomic E-state index is 0.0968. The van der Waals surface area contributed by atoms with Crippen molar-refractivity contribution >= 4 is 40.5 Å². The van der Waals surface area contributed by atoms with Gasteiger partial charge in [-0.05, 0) is 24.1 Å². The summed E-state index contributed by atoms with van der Waals surface area (Å²) in [4.78, 5) is 20.0. The van der Waals surface area contributed by atoms with E-state index in [-0.39, 0.29) is 11.8 Å². The number of carbonyl (C=O) groups is 1. The number of likely N-dealkylation sites (tertiary alicyclic amines) is 1. The summed E-state index contributed by atoms with van der Waals surface area (Å²) < 4.78 is 5.81. The summed E-state index contributed by atoms with van der Waals surface area (Å²) in [6, 6.07) is 33.9. The zero-order valence-electron chi connectivity index (χ0n) is 21.6. The van der Waals surface area contributed by atoms with Crippen LogP contribution in [0.25, 0.3) is 0 Å². The Labute approximate surface area is 239 Å². The largest absolute Gasteiger partial charge is 0.377 e. The summed E-state index contributed by atoms with van der Waals surface area (Å²) in [5.41, 5.74) is 5.54. The molecule has 4 aromatic carbocycles. The molecule has 0 aromatic heterocycles. The van der Waals surface area contributed by atoms with Crippen LogP contribution in [0.3, 0.4) is 0 Å². The molecule has 0 aliphatic carbocycles. The van der Waals surface area contributed by atoms with E-state index < -0.39 is 0 Å². The van der Waals surface area contributed by atoms with Gasteiger partial charge in [-0.2, -0.15) is 0 Å². The third kappa shape index (κ3) is 6.77. The average molecular weight is 558 g/mol. The second-order valence-corrected chi connectivity index (χ2v) is 10.4. The van der Waals surface area contributed by atoms with Crippen molar-refractivity contribution in [3.05, 3.63) is 135 Å². The third-order valence-corrected chi connectivity index (χ3v) is 7.71. The van der Waals surface area contributed by atoms with E-state index in [4.69, 9.17) is 32.9 Å². The quantitative estimate of drug-likeness (QED) is 0.146. The summed E-state index contributed by atoms with van der Waals surface area (Å²) in [7, 11) is 0. The smallest absolute Gasteiger partial charge is 0.223 e. The number of amides is 1. The van der Waals surface area contributed by atoms with Crippen molar-refractivity contribution in [1.82, 2.24) is 4.90 Å². The highest BCUT2D eigenvalue weighted by Crippen LogP contribution is 2.42. The molecule has 1 saturated heterocycles. The van der Waals surface area contributed by atoms with Crippen LogP contribution >= 0.6 is 23.2 Å². The number of hydrogen-bond donors (Lipinski definition) is 0. The first-order chi connectivity index (χ1) is 19.1. The van der Waals surface area contributed by atoms with Crippen molar-refractivity contribution in [2.45, 2.75) is 25.4 Å². The van der Waals surface area contributed by atoms with Gasteiger partial charge in [0.15, 0.2) is 0 Å². The van der Waals surface area contributed by atoms with E-state index in [1.54, 1.807) is 6.07 Å². The molecule has 1 amide bonds. The minimum Gasteiger partial charge on any atom is -0.377 e. The van der Waals surface area contributed by atoms with E-state index in [0.717, 1.165) is 40.1 Å². The molecular weight excluding hydrogens is 527 g/mol. The number of carbonyl (C=O) groups excluding carboxylic acids is 1. The van der Waals surface area contributed by atoms with Crippen LogP contribution in [0.15, 0.2) is 108 Å². The molecule has 0 saturated carbocycles. The van der Waals surface area contributed by atoms with Crippen molar-refractivity contribution in [1.29, 1.82) is 0 Å². The molecule has 0 bridgehead atoms. The van der Waals surface area contributed by atoms with Crippen molar-refractivity contribution in [2.75, 3.05) is 19.7 Å². The van der Waals surface area contributed by atoms with E-state index in [1.165, 1.54) is 0 Å². The Hall–Kier alpha value is -3.44. The monoisotopic (exact) mass is 556 g/mol. The van der Waals surface area contributed by atoms with Gasteiger partial charge in [-0.25, -0.2) is 4.99 Å². The first kappa shape index (κ1) is 27.1. The van der Waals surface area contributed by atoms with Gasteiger partial charge in [0.1, 0.15) is 0 Å². The van der Waals surface area contributed by atoms with Gasteiger partial charge < -0.3 is 9.64 Å². The van der Waals surface area contributed by atoms with Gasteiger partial charge in [-0.3, -0.25) is 4.79 Å². The number of hydrogen-bond acceptors (Lipinski definition) is 3. The van der Waals surface area contributed by atoms with Crippen LogP contribution in [-0.2, 0) is 16.1 Å². The lowest BCUT2D eigenvalue weighted by Gasteiger charge is -2.19. The highest BCUT2D eigenvalue weighted by Gasteiger charge is 2.33. The maximum Gasteiger partial charge on any atom is 0.223 e. The molecule has 1 atom stereocenters. The fraction of sp³-hybridized carbons (Fsp3) is 0.212. The van der Waals surface area contributed by atoms with E-state index in [0.29, 0.717) is 42.8 Å². The van der Waals surface area contributed by atoms with Gasteiger partial charge in [0.2, 0.25) is 5.91 Å². The molecule has 39 heavy (non-hydrogen) atoms. The lowest BCUT2D eigenvalue weighted by atomic mass is 9.95. The summed E-state index contributed by atoms with van der Waals surface area (Å²) >= 11 is 13.3. The number of ether oxygens (including phenoxy) is 1. The Bertz CT molecular complexity index is 1390. The molecule has 0 spiro atoms. The normalized spacial score (nSPS) is 15.0. The molecule has 4 nitrogen and oxygen atoms in total. The lowest BCUT2D eigenvalue weighted by Crippen LogP contribution is -2.27. The van der Waals surface area contributed by atoms with Crippen molar-refractivity contribution in [3.63, 3.8) is 0 Å². The maximum absolute atomic E-state index is 13.0. The Morgan fingerprint density at radius 2 is 1.46 bits per heavy atom. The molecular formula is C33H30Cl2N2O2. The molecule has 1 fully saturated rings. The SMILES string of the molecule is O=C1CC(c2c(N=C(c3ccccc3)c3ccccc3)ccc(Cl)c2Cl)CN1CCCOCc1ccccc1. The van der Waals surface area contributed by atoms with Crippen LogP contribution in [-0.4, -0.2) is 36.2 Å². The van der Waals surface area contributed by atoms with Gasteiger partial charge in [0, 0.05) is 48.7 Å². The molecule has 1 unspecified atom stereocenters. The Kier molecular flexibility index (Phi) is 9.10. The fourth-order valence-corrected chi connectivity index (χ4v) is 5.43. The van der Waals surface area contributed by atoms with Crippen LogP contribution in [0.1, 0.15) is 41.0 Å². The van der Waals surface area contributed by atoms with Crippen LogP contribution in [0, 0.1) is 0 Å². The van der Waals surface area contributed by atoms with Gasteiger partial charge >= 0.3 is 0 Å². The fourth-order valence-electron chi connectivity index (χ4n) is 4.95. The second kappa shape index (κ2) is 13.1. The lowest BCUT2D eigenvalue weighted by molar-refractivity contribution is -0.127. The first-order valence-corrected chi connectivity index (χ1v) is 13.9. The molecule has 198 valence electrons. The minimum atomic E-state index is -0.0968. The number of nitrogens with zero attached hydrogens (tertiary/aromatic N) is 2. The highest BCUT2D eigenvalue weighted by atomic mass is 35.5. The number of benzene rings is 4. The molecule has 0 radical (unpaired) electrons. The molecule has 1 heterocycles. The van der Waals surface area contributed by atoms with Crippen LogP contribution in [0.5, 0.6) is 0 Å². The molecule has 1 aliphatic rings. The standard InChI is InChI=1S/C33H30Cl2N2O2/c34-28-17-18-29(36-33(25-13-6-2-7-14-25)26-15-8-3-9-16-26)31(32(28)35)27-21-30(38)37(22-27)19-10-20-39-23-24-11-4-1-5-12-24/h1-9,11-18,27H,10,19-23H2. The Morgan fingerprint density at radius 1 is 0.846 bits per heavy atom. The topological polar surface area (TPSA) is 41.9 Å². The second-order valence-electron chi connectivity index (χ2n) is 9.62. The van der Waals surface area contributed by atoms with Gasteiger partial charge in [-0.1, -0.05) is 114 Å². The van der Waals surface area contributed by atoms with Crippen molar-refractivity contribution in [3.8, 4) is 0 Å². The van der Waals surface area contributed by atoms with Crippen molar-refractivity contribution in [2.24, 2.45) is 4.99 Å². The number of rotatable bonds is 10. The van der Waals surface area contributed by atoms with Crippen molar-refractivity contribution < 1.29 is 9.53 Å². The average Bonchev–Trinajstić information content (AvgIpc) is 3.34. The summed E-state index contributed by atoms with van der Waals surface area (Å²) in [5, 5.41) is 0.927. The Morgan fingerprint density at radius 3 is 2.10 bits per heavy atom. The molecule has 5 rings (SSSR count). The van der Waals surface area contributed by atoms with Crippen LogP contribution in [0.2, 0.25) is 10.0 Å². The highest BCUT2D eigenvalue weighted by molar-refractivity contribution is 6.42. The molecule has 6 heteroatoms. The number of halogens is 2. The zero-order valence-corrected chi connectivity index (χ0v) is 23.1. The van der Waals surface area contributed by atoms with Gasteiger partial charge in [-0.15, -0.1) is 0 Å². The van der Waals surface area contributed by atoms with E-state index in [9.17, 15) is 4.79 Å². The molecule has 1 aliphatic heterocycles. The summed E-state index contributed by atoms with van der Waals surface area (Å²) in [6.07, 6.45) is 1.14. The maximum atomic E-state index is 13.0. The van der Waals surface area contributed by atoms with Crippen LogP contribution < -0.4 is 0 Å². The molecule has 0 N–H and O–H groups in total. The van der Waals surface area contributed by atoms with E-state index >= 15 is 0 Å². The predicted molar refractivity (Wildman–Crippen MR) is 159 cm³/mol. The zero-order chi connectivity index (χ0) is 27.0. The number of aliphatic imine (C=N–C) groups is 1. The van der Waals surface area contributed by atoms with Gasteiger partial charge in [0.25, 0.3) is 0 Å². The van der Waals surface area contributed by atoms with Crippen LogP contribution in [0.4, 0.5) is 5.69 Å². The first-order valence-electron chi connectivity index (χ1n) is 13.2. The summed E-state index contributed by atoms with van der Waals surface area (Å²) in [6.45, 7) is 2.38. The van der Waals surface area contributed by atoms with Gasteiger partial charge in [0.05, 0.1) is 28.1 Å². The third-order valence-electron chi connectivity index (χ3n) is 6.89.